The van der Waals surface area contributed by atoms with Gasteiger partial charge in [0, 0.05) is 0 Å². The number of benzene rings is 3. The molecule has 0 heterocycles. The summed E-state index contributed by atoms with van der Waals surface area (Å²) in [6.07, 6.45) is 0. The third-order valence-electron chi connectivity index (χ3n) is 3.61. The number of hydrogen-bond donors (Lipinski definition) is 1. The van der Waals surface area contributed by atoms with Gasteiger partial charge < -0.3 is 5.02 Å². The molecule has 0 spiro atoms. The van der Waals surface area contributed by atoms with Crippen LogP contribution in [0.15, 0.2) is 72.8 Å². The summed E-state index contributed by atoms with van der Waals surface area (Å²) in [5.41, 5.74) is 6.86. The topological polar surface area (TPSA) is 20.2 Å². The summed E-state index contributed by atoms with van der Waals surface area (Å²) < 4.78 is 0. The van der Waals surface area contributed by atoms with Gasteiger partial charge in [-0.1, -0.05) is 77.8 Å². The van der Waals surface area contributed by atoms with Gasteiger partial charge in [0.1, 0.15) is 0 Å². The van der Waals surface area contributed by atoms with Crippen molar-refractivity contribution >= 4 is 12.9 Å². The molecule has 1 radical (unpaired) electrons. The highest BCUT2D eigenvalue weighted by Crippen LogP contribution is 2.26. The third kappa shape index (κ3) is 3.06. The molecule has 3 rings (SSSR count). The lowest BCUT2D eigenvalue weighted by atomic mass is 9.87. The van der Waals surface area contributed by atoms with E-state index in [2.05, 4.69) is 55.5 Å². The second-order valence-electron chi connectivity index (χ2n) is 5.20. The average Bonchev–Trinajstić information content (AvgIpc) is 2.55. The summed E-state index contributed by atoms with van der Waals surface area (Å²) in [4.78, 5) is 0. The zero-order valence-corrected chi connectivity index (χ0v) is 12.0. The van der Waals surface area contributed by atoms with Crippen molar-refractivity contribution in [2.75, 3.05) is 0 Å². The maximum atomic E-state index is 8.99. The van der Waals surface area contributed by atoms with E-state index in [0.717, 1.165) is 18.5 Å². The standard InChI is InChI=1S/C19H16BO/c1-14-4-2-5-16(12-14)18-7-3-6-17(13-18)15-8-10-19(20-21)11-9-15/h2-13,21H,1H3. The predicted octanol–water partition coefficient (Wildman–Crippen LogP) is 3.57. The van der Waals surface area contributed by atoms with Crippen LogP contribution in [0.25, 0.3) is 22.3 Å². The molecular formula is C19H16BO. The fourth-order valence-corrected chi connectivity index (χ4v) is 2.46. The summed E-state index contributed by atoms with van der Waals surface area (Å²) in [6, 6.07) is 24.9. The minimum absolute atomic E-state index is 0.814. The summed E-state index contributed by atoms with van der Waals surface area (Å²) in [5.74, 6) is 0. The van der Waals surface area contributed by atoms with Crippen LogP contribution in [0.1, 0.15) is 5.56 Å². The highest BCUT2D eigenvalue weighted by atomic mass is 16.2. The Bertz CT molecular complexity index is 748. The van der Waals surface area contributed by atoms with Crippen LogP contribution >= 0.6 is 0 Å². The average molecular weight is 271 g/mol. The minimum atomic E-state index is 0.814. The highest BCUT2D eigenvalue weighted by molar-refractivity contribution is 6.45. The van der Waals surface area contributed by atoms with E-state index in [0.29, 0.717) is 0 Å². The van der Waals surface area contributed by atoms with Gasteiger partial charge in [0.05, 0.1) is 0 Å². The molecule has 0 saturated carbocycles. The summed E-state index contributed by atoms with van der Waals surface area (Å²) in [5, 5.41) is 8.99. The van der Waals surface area contributed by atoms with Crippen LogP contribution in [0.3, 0.4) is 0 Å². The fraction of sp³-hybridized carbons (Fsp3) is 0.0526. The fourth-order valence-electron chi connectivity index (χ4n) is 2.46. The van der Waals surface area contributed by atoms with Crippen LogP contribution in [0.5, 0.6) is 0 Å². The molecule has 101 valence electrons. The van der Waals surface area contributed by atoms with Crippen molar-refractivity contribution in [2.45, 2.75) is 6.92 Å². The van der Waals surface area contributed by atoms with E-state index in [4.69, 9.17) is 5.02 Å². The van der Waals surface area contributed by atoms with E-state index >= 15 is 0 Å². The van der Waals surface area contributed by atoms with Crippen LogP contribution in [0, 0.1) is 6.92 Å². The molecule has 0 fully saturated rings. The molecule has 0 amide bonds. The van der Waals surface area contributed by atoms with Gasteiger partial charge in [0.15, 0.2) is 0 Å². The molecule has 21 heavy (non-hydrogen) atoms. The molecular weight excluding hydrogens is 255 g/mol. The molecule has 0 bridgehead atoms. The Labute approximate surface area is 126 Å². The Morgan fingerprint density at radius 3 is 1.86 bits per heavy atom. The Morgan fingerprint density at radius 1 is 0.667 bits per heavy atom. The zero-order chi connectivity index (χ0) is 14.7. The molecule has 1 nitrogen and oxygen atoms in total. The minimum Gasteiger partial charge on any atom is -0.450 e. The van der Waals surface area contributed by atoms with Crippen LogP contribution in [0.2, 0.25) is 0 Å². The Balaban J connectivity index is 1.99. The maximum Gasteiger partial charge on any atom is 0.326 e. The van der Waals surface area contributed by atoms with E-state index in [1.165, 1.54) is 22.3 Å². The molecule has 0 aliphatic heterocycles. The van der Waals surface area contributed by atoms with Crippen molar-refractivity contribution in [3.05, 3.63) is 78.4 Å². The first kappa shape index (κ1) is 13.7. The normalized spacial score (nSPS) is 10.4. The third-order valence-corrected chi connectivity index (χ3v) is 3.61. The van der Waals surface area contributed by atoms with Gasteiger partial charge in [0.2, 0.25) is 0 Å². The molecule has 0 aliphatic rings. The number of aryl methyl sites for hydroxylation is 1. The van der Waals surface area contributed by atoms with Gasteiger partial charge in [-0.05, 0) is 35.2 Å². The van der Waals surface area contributed by atoms with Gasteiger partial charge in [-0.15, -0.1) is 0 Å². The van der Waals surface area contributed by atoms with Crippen molar-refractivity contribution in [1.82, 2.24) is 0 Å². The van der Waals surface area contributed by atoms with Gasteiger partial charge in [-0.2, -0.15) is 0 Å². The van der Waals surface area contributed by atoms with Crippen molar-refractivity contribution < 1.29 is 5.02 Å². The summed E-state index contributed by atoms with van der Waals surface area (Å²) >= 11 is 0. The van der Waals surface area contributed by atoms with Crippen LogP contribution in [-0.2, 0) is 0 Å². The van der Waals surface area contributed by atoms with Gasteiger partial charge in [-0.3, -0.25) is 0 Å². The van der Waals surface area contributed by atoms with E-state index in [1.54, 1.807) is 0 Å². The Morgan fingerprint density at radius 2 is 1.24 bits per heavy atom. The molecule has 1 N–H and O–H groups in total. The SMILES string of the molecule is Cc1cccc(-c2cccc(-c3ccc([B]O)cc3)c2)c1. The Kier molecular flexibility index (Phi) is 3.89. The molecule has 2 heteroatoms. The first-order valence-electron chi connectivity index (χ1n) is 7.01. The molecule has 0 saturated heterocycles. The van der Waals surface area contributed by atoms with Crippen molar-refractivity contribution in [3.63, 3.8) is 0 Å². The Hall–Kier alpha value is -2.32. The number of hydrogen-bond acceptors (Lipinski definition) is 1. The second-order valence-corrected chi connectivity index (χ2v) is 5.20. The summed E-state index contributed by atoms with van der Waals surface area (Å²) in [6.45, 7) is 2.11. The van der Waals surface area contributed by atoms with Crippen molar-refractivity contribution in [1.29, 1.82) is 0 Å². The molecule has 3 aromatic carbocycles. The smallest absolute Gasteiger partial charge is 0.326 e. The van der Waals surface area contributed by atoms with Crippen LogP contribution in [-0.4, -0.2) is 12.5 Å². The zero-order valence-electron chi connectivity index (χ0n) is 12.0. The predicted molar refractivity (Wildman–Crippen MR) is 89.7 cm³/mol. The van der Waals surface area contributed by atoms with Crippen molar-refractivity contribution in [2.24, 2.45) is 0 Å². The van der Waals surface area contributed by atoms with Gasteiger partial charge >= 0.3 is 7.48 Å². The molecule has 0 aliphatic carbocycles. The van der Waals surface area contributed by atoms with Crippen molar-refractivity contribution in [3.8, 4) is 22.3 Å². The molecule has 0 aromatic heterocycles. The largest absolute Gasteiger partial charge is 0.450 e. The first-order valence-corrected chi connectivity index (χ1v) is 7.01. The lowest BCUT2D eigenvalue weighted by molar-refractivity contribution is 0.615. The summed E-state index contributed by atoms with van der Waals surface area (Å²) in [7, 11) is 1.12. The van der Waals surface area contributed by atoms with Crippen LogP contribution in [0.4, 0.5) is 0 Å². The van der Waals surface area contributed by atoms with E-state index in [1.807, 2.05) is 24.3 Å². The van der Waals surface area contributed by atoms with Gasteiger partial charge in [0.25, 0.3) is 0 Å². The lowest BCUT2D eigenvalue weighted by Gasteiger charge is -2.07. The molecule has 0 atom stereocenters. The first-order chi connectivity index (χ1) is 10.3. The molecule has 3 aromatic rings. The highest BCUT2D eigenvalue weighted by Gasteiger charge is 2.02. The number of rotatable bonds is 3. The second kappa shape index (κ2) is 5.98. The van der Waals surface area contributed by atoms with Gasteiger partial charge in [-0.25, -0.2) is 0 Å². The quantitative estimate of drug-likeness (QED) is 0.722. The van der Waals surface area contributed by atoms with E-state index in [-0.39, 0.29) is 0 Å². The monoisotopic (exact) mass is 271 g/mol. The lowest BCUT2D eigenvalue weighted by Crippen LogP contribution is -2.11. The van der Waals surface area contributed by atoms with E-state index in [9.17, 15) is 0 Å². The van der Waals surface area contributed by atoms with Crippen LogP contribution < -0.4 is 5.46 Å². The maximum absolute atomic E-state index is 8.99. The van der Waals surface area contributed by atoms with E-state index < -0.39 is 0 Å². The molecule has 0 unspecified atom stereocenters.